The summed E-state index contributed by atoms with van der Waals surface area (Å²) in [6.07, 6.45) is 10.3. The summed E-state index contributed by atoms with van der Waals surface area (Å²) in [6.45, 7) is 0.377. The highest BCUT2D eigenvalue weighted by atomic mass is 32.2. The second-order valence-electron chi connectivity index (χ2n) is 6.20. The molecule has 0 aromatic rings. The molecule has 2 saturated carbocycles. The van der Waals surface area contributed by atoms with E-state index in [1.807, 2.05) is 0 Å². The van der Waals surface area contributed by atoms with Crippen LogP contribution in [0.1, 0.15) is 64.2 Å². The largest absolute Gasteiger partial charge is 0.287 e. The molecule has 1 N–H and O–H groups in total. The highest BCUT2D eigenvalue weighted by molar-refractivity contribution is 8.13. The summed E-state index contributed by atoms with van der Waals surface area (Å²) >= 11 is 1.29. The SMILES string of the molecule is O=C(SCCNS(=O)(=O)C1CCCCCCC1)C1CCC1. The summed E-state index contributed by atoms with van der Waals surface area (Å²) in [5, 5.41) is 0.0107. The van der Waals surface area contributed by atoms with Gasteiger partial charge in [-0.1, -0.05) is 50.3 Å². The van der Waals surface area contributed by atoms with E-state index >= 15 is 0 Å². The first-order chi connectivity index (χ1) is 10.1. The Hall–Kier alpha value is -0.0700. The summed E-state index contributed by atoms with van der Waals surface area (Å²) in [5.41, 5.74) is 0. The molecule has 0 saturated heterocycles. The summed E-state index contributed by atoms with van der Waals surface area (Å²) in [5.74, 6) is 0.790. The van der Waals surface area contributed by atoms with Crippen molar-refractivity contribution >= 4 is 26.9 Å². The van der Waals surface area contributed by atoms with E-state index in [-0.39, 0.29) is 16.3 Å². The van der Waals surface area contributed by atoms with Crippen molar-refractivity contribution in [3.8, 4) is 0 Å². The molecule has 0 heterocycles. The van der Waals surface area contributed by atoms with E-state index in [1.54, 1.807) is 0 Å². The second kappa shape index (κ2) is 8.53. The van der Waals surface area contributed by atoms with Gasteiger partial charge in [0.05, 0.1) is 5.25 Å². The van der Waals surface area contributed by atoms with Gasteiger partial charge < -0.3 is 0 Å². The van der Waals surface area contributed by atoms with Crippen LogP contribution in [-0.4, -0.2) is 31.1 Å². The van der Waals surface area contributed by atoms with Crippen LogP contribution in [0.3, 0.4) is 0 Å². The summed E-state index contributed by atoms with van der Waals surface area (Å²) in [7, 11) is -3.21. The fourth-order valence-corrected chi connectivity index (χ4v) is 5.53. The van der Waals surface area contributed by atoms with Gasteiger partial charge in [0.2, 0.25) is 10.0 Å². The molecule has 0 aliphatic heterocycles. The Morgan fingerprint density at radius 1 is 0.952 bits per heavy atom. The highest BCUT2D eigenvalue weighted by Gasteiger charge is 2.27. The van der Waals surface area contributed by atoms with Crippen LogP contribution in [0.4, 0.5) is 0 Å². The van der Waals surface area contributed by atoms with E-state index in [2.05, 4.69) is 4.72 Å². The zero-order valence-corrected chi connectivity index (χ0v) is 14.3. The van der Waals surface area contributed by atoms with Gasteiger partial charge in [0.25, 0.3) is 0 Å². The van der Waals surface area contributed by atoms with Crippen LogP contribution >= 0.6 is 11.8 Å². The van der Waals surface area contributed by atoms with Gasteiger partial charge in [-0.25, -0.2) is 13.1 Å². The number of carbonyl (C=O) groups is 1. The minimum absolute atomic E-state index is 0.231. The maximum absolute atomic E-state index is 12.3. The molecule has 0 amide bonds. The molecule has 21 heavy (non-hydrogen) atoms. The van der Waals surface area contributed by atoms with Gasteiger partial charge in [-0.15, -0.1) is 0 Å². The molecule has 6 heteroatoms. The van der Waals surface area contributed by atoms with E-state index in [1.165, 1.54) is 18.2 Å². The monoisotopic (exact) mass is 333 g/mol. The number of thioether (sulfide) groups is 1. The lowest BCUT2D eigenvalue weighted by Crippen LogP contribution is -2.36. The predicted octanol–water partition coefficient (Wildman–Crippen LogP) is 3.08. The van der Waals surface area contributed by atoms with Crippen LogP contribution in [0, 0.1) is 5.92 Å². The molecular weight excluding hydrogens is 306 g/mol. The van der Waals surface area contributed by atoms with Crippen molar-refractivity contribution in [1.29, 1.82) is 0 Å². The normalized spacial score (nSPS) is 22.3. The molecule has 2 fully saturated rings. The smallest absolute Gasteiger partial charge is 0.214 e. The first kappa shape index (κ1) is 17.3. The van der Waals surface area contributed by atoms with Crippen molar-refractivity contribution in [3.63, 3.8) is 0 Å². The third kappa shape index (κ3) is 5.57. The molecule has 122 valence electrons. The average molecular weight is 334 g/mol. The Labute approximate surface area is 132 Å². The molecular formula is C15H27NO3S2. The Kier molecular flexibility index (Phi) is 7.02. The zero-order chi connectivity index (χ0) is 15.1. The minimum Gasteiger partial charge on any atom is -0.287 e. The van der Waals surface area contributed by atoms with E-state index in [0.717, 1.165) is 57.8 Å². The van der Waals surface area contributed by atoms with Gasteiger partial charge in [0.15, 0.2) is 5.12 Å². The van der Waals surface area contributed by atoms with Gasteiger partial charge in [0.1, 0.15) is 0 Å². The van der Waals surface area contributed by atoms with Crippen molar-refractivity contribution in [3.05, 3.63) is 0 Å². The van der Waals surface area contributed by atoms with Gasteiger partial charge in [-0.05, 0) is 25.7 Å². The van der Waals surface area contributed by atoms with E-state index in [9.17, 15) is 13.2 Å². The van der Waals surface area contributed by atoms with E-state index < -0.39 is 10.0 Å². The number of carbonyl (C=O) groups excluding carboxylic acids is 1. The third-order valence-corrected chi connectivity index (χ3v) is 7.56. The molecule has 0 aromatic carbocycles. The predicted molar refractivity (Wildman–Crippen MR) is 87.8 cm³/mol. The van der Waals surface area contributed by atoms with Crippen LogP contribution in [0.15, 0.2) is 0 Å². The van der Waals surface area contributed by atoms with Crippen molar-refractivity contribution in [1.82, 2.24) is 4.72 Å². The van der Waals surface area contributed by atoms with Crippen LogP contribution in [0.5, 0.6) is 0 Å². The van der Waals surface area contributed by atoms with Gasteiger partial charge in [-0.3, -0.25) is 4.79 Å². The first-order valence-corrected chi connectivity index (χ1v) is 10.8. The number of hydrogen-bond acceptors (Lipinski definition) is 4. The summed E-state index contributed by atoms with van der Waals surface area (Å²) in [4.78, 5) is 11.7. The Morgan fingerprint density at radius 3 is 2.14 bits per heavy atom. The average Bonchev–Trinajstić information content (AvgIpc) is 2.31. The third-order valence-electron chi connectivity index (χ3n) is 4.58. The molecule has 0 aromatic heterocycles. The van der Waals surface area contributed by atoms with E-state index in [0.29, 0.717) is 12.3 Å². The maximum Gasteiger partial charge on any atom is 0.214 e. The molecule has 0 unspecified atom stereocenters. The van der Waals surface area contributed by atoms with Gasteiger partial charge in [0, 0.05) is 18.2 Å². The van der Waals surface area contributed by atoms with Crippen LogP contribution in [-0.2, 0) is 14.8 Å². The van der Waals surface area contributed by atoms with Crippen LogP contribution in [0.2, 0.25) is 0 Å². The van der Waals surface area contributed by atoms with Crippen LogP contribution in [0.25, 0.3) is 0 Å². The Bertz CT molecular complexity index is 424. The number of sulfonamides is 1. The fraction of sp³-hybridized carbons (Fsp3) is 0.933. The number of rotatable bonds is 6. The molecule has 0 radical (unpaired) electrons. The lowest BCUT2D eigenvalue weighted by Gasteiger charge is -2.23. The lowest BCUT2D eigenvalue weighted by atomic mass is 9.87. The molecule has 4 nitrogen and oxygen atoms in total. The number of hydrogen-bond donors (Lipinski definition) is 1. The molecule has 0 bridgehead atoms. The highest BCUT2D eigenvalue weighted by Crippen LogP contribution is 2.30. The van der Waals surface area contributed by atoms with Crippen molar-refractivity contribution in [2.24, 2.45) is 5.92 Å². The maximum atomic E-state index is 12.3. The van der Waals surface area contributed by atoms with Crippen molar-refractivity contribution in [2.75, 3.05) is 12.3 Å². The Balaban J connectivity index is 1.68. The quantitative estimate of drug-likeness (QED) is 0.759. The fourth-order valence-electron chi connectivity index (χ4n) is 2.94. The summed E-state index contributed by atoms with van der Waals surface area (Å²) in [6, 6.07) is 0. The second-order valence-corrected chi connectivity index (χ2v) is 9.35. The Morgan fingerprint density at radius 2 is 1.57 bits per heavy atom. The van der Waals surface area contributed by atoms with Crippen LogP contribution < -0.4 is 4.72 Å². The van der Waals surface area contributed by atoms with Crippen molar-refractivity contribution < 1.29 is 13.2 Å². The van der Waals surface area contributed by atoms with E-state index in [4.69, 9.17) is 0 Å². The van der Waals surface area contributed by atoms with Gasteiger partial charge in [-0.2, -0.15) is 0 Å². The van der Waals surface area contributed by atoms with Gasteiger partial charge >= 0.3 is 0 Å². The molecule has 2 aliphatic carbocycles. The summed E-state index contributed by atoms with van der Waals surface area (Å²) < 4.78 is 27.3. The lowest BCUT2D eigenvalue weighted by molar-refractivity contribution is -0.116. The topological polar surface area (TPSA) is 63.2 Å². The number of nitrogens with one attached hydrogen (secondary N) is 1. The molecule has 2 aliphatic rings. The minimum atomic E-state index is -3.21. The first-order valence-electron chi connectivity index (χ1n) is 8.25. The molecule has 2 rings (SSSR count). The standard InChI is InChI=1S/C15H27NO3S2/c17-15(13-7-6-8-13)20-12-11-16-21(18,19)14-9-4-2-1-3-5-10-14/h13-14,16H,1-12H2. The molecule has 0 atom stereocenters. The zero-order valence-electron chi connectivity index (χ0n) is 12.7. The molecule has 0 spiro atoms. The van der Waals surface area contributed by atoms with Crippen molar-refractivity contribution in [2.45, 2.75) is 69.5 Å².